The first-order valence-electron chi connectivity index (χ1n) is 5.80. The Bertz CT molecular complexity index is 387. The van der Waals surface area contributed by atoms with Gasteiger partial charge in [0.05, 0.1) is 6.04 Å². The highest BCUT2D eigenvalue weighted by molar-refractivity contribution is 7.99. The van der Waals surface area contributed by atoms with Gasteiger partial charge in [0.25, 0.3) is 0 Å². The first-order chi connectivity index (χ1) is 8.18. The summed E-state index contributed by atoms with van der Waals surface area (Å²) >= 11 is 1.92. The number of ketones is 1. The molecule has 1 saturated heterocycles. The number of rotatable bonds is 3. The Morgan fingerprint density at radius 1 is 1.29 bits per heavy atom. The molecule has 0 radical (unpaired) electrons. The van der Waals surface area contributed by atoms with Gasteiger partial charge in [-0.25, -0.2) is 4.39 Å². The Balaban J connectivity index is 2.05. The minimum atomic E-state index is -0.302. The molecule has 1 aliphatic rings. The summed E-state index contributed by atoms with van der Waals surface area (Å²) in [6.45, 7) is 3.85. The van der Waals surface area contributed by atoms with E-state index in [1.165, 1.54) is 12.1 Å². The van der Waals surface area contributed by atoms with Crippen molar-refractivity contribution in [2.75, 3.05) is 24.6 Å². The molecule has 0 amide bonds. The van der Waals surface area contributed by atoms with E-state index in [0.717, 1.165) is 24.6 Å². The standard InChI is InChI=1S/C13H16FNOS/c1-10(15-6-8-17-9-7-15)13(16)11-2-4-12(14)5-3-11/h2-5,10H,6-9H2,1H3. The molecule has 92 valence electrons. The van der Waals surface area contributed by atoms with Crippen LogP contribution in [0.3, 0.4) is 0 Å². The van der Waals surface area contributed by atoms with Gasteiger partial charge in [0.1, 0.15) is 5.82 Å². The van der Waals surface area contributed by atoms with Crippen molar-refractivity contribution in [3.05, 3.63) is 35.6 Å². The predicted molar refractivity (Wildman–Crippen MR) is 69.1 cm³/mol. The predicted octanol–water partition coefficient (Wildman–Crippen LogP) is 2.45. The van der Waals surface area contributed by atoms with Gasteiger partial charge in [0, 0.05) is 30.2 Å². The first kappa shape index (κ1) is 12.6. The van der Waals surface area contributed by atoms with Gasteiger partial charge in [0.15, 0.2) is 5.78 Å². The molecule has 1 unspecified atom stereocenters. The van der Waals surface area contributed by atoms with E-state index in [2.05, 4.69) is 4.90 Å². The molecule has 2 nitrogen and oxygen atoms in total. The molecule has 1 atom stereocenters. The number of hydrogen-bond acceptors (Lipinski definition) is 3. The number of halogens is 1. The minimum absolute atomic E-state index is 0.0805. The summed E-state index contributed by atoms with van der Waals surface area (Å²) in [6.07, 6.45) is 0. The summed E-state index contributed by atoms with van der Waals surface area (Å²) in [5.41, 5.74) is 0.595. The van der Waals surface area contributed by atoms with Crippen LogP contribution in [0.5, 0.6) is 0 Å². The molecule has 0 aliphatic carbocycles. The number of carbonyl (C=O) groups is 1. The Morgan fingerprint density at radius 2 is 1.88 bits per heavy atom. The van der Waals surface area contributed by atoms with E-state index >= 15 is 0 Å². The van der Waals surface area contributed by atoms with E-state index in [9.17, 15) is 9.18 Å². The summed E-state index contributed by atoms with van der Waals surface area (Å²) in [5.74, 6) is 1.95. The molecule has 0 spiro atoms. The molecule has 0 bridgehead atoms. The highest BCUT2D eigenvalue weighted by atomic mass is 32.2. The summed E-state index contributed by atoms with van der Waals surface area (Å²) in [4.78, 5) is 14.4. The second-order valence-electron chi connectivity index (χ2n) is 4.20. The number of benzene rings is 1. The Morgan fingerprint density at radius 3 is 2.47 bits per heavy atom. The molecule has 1 aliphatic heterocycles. The molecule has 4 heteroatoms. The van der Waals surface area contributed by atoms with Crippen molar-refractivity contribution in [1.29, 1.82) is 0 Å². The van der Waals surface area contributed by atoms with E-state index in [1.807, 2.05) is 18.7 Å². The molecule has 1 aromatic rings. The number of hydrogen-bond donors (Lipinski definition) is 0. The van der Waals surface area contributed by atoms with Gasteiger partial charge < -0.3 is 0 Å². The van der Waals surface area contributed by atoms with Crippen molar-refractivity contribution >= 4 is 17.5 Å². The average Bonchev–Trinajstić information content (AvgIpc) is 2.39. The monoisotopic (exact) mass is 253 g/mol. The van der Waals surface area contributed by atoms with Gasteiger partial charge >= 0.3 is 0 Å². The van der Waals surface area contributed by atoms with Gasteiger partial charge in [-0.1, -0.05) is 0 Å². The second kappa shape index (κ2) is 5.65. The largest absolute Gasteiger partial charge is 0.292 e. The second-order valence-corrected chi connectivity index (χ2v) is 5.42. The van der Waals surface area contributed by atoms with Crippen molar-refractivity contribution in [2.24, 2.45) is 0 Å². The zero-order valence-corrected chi connectivity index (χ0v) is 10.7. The Hall–Kier alpha value is -0.870. The highest BCUT2D eigenvalue weighted by Crippen LogP contribution is 2.15. The van der Waals surface area contributed by atoms with Gasteiger partial charge in [-0.2, -0.15) is 11.8 Å². The van der Waals surface area contributed by atoms with Crippen molar-refractivity contribution in [3.63, 3.8) is 0 Å². The van der Waals surface area contributed by atoms with Crippen LogP contribution >= 0.6 is 11.8 Å². The summed E-state index contributed by atoms with van der Waals surface area (Å²) in [5, 5.41) is 0. The Kier molecular flexibility index (Phi) is 4.18. The number of thioether (sulfide) groups is 1. The number of Topliss-reactive ketones (excluding diaryl/α,β-unsaturated/α-hetero) is 1. The van der Waals surface area contributed by atoms with Crippen LogP contribution in [0.25, 0.3) is 0 Å². The maximum absolute atomic E-state index is 12.8. The molecular formula is C13H16FNOS. The summed E-state index contributed by atoms with van der Waals surface area (Å²) < 4.78 is 12.8. The van der Waals surface area contributed by atoms with Crippen LogP contribution in [0.1, 0.15) is 17.3 Å². The van der Waals surface area contributed by atoms with E-state index < -0.39 is 0 Å². The third-order valence-electron chi connectivity index (χ3n) is 3.10. The van der Waals surface area contributed by atoms with Crippen LogP contribution in [0, 0.1) is 5.82 Å². The van der Waals surface area contributed by atoms with Gasteiger partial charge in [-0.15, -0.1) is 0 Å². The smallest absolute Gasteiger partial charge is 0.179 e. The number of nitrogens with zero attached hydrogens (tertiary/aromatic N) is 1. The van der Waals surface area contributed by atoms with Crippen molar-refractivity contribution in [3.8, 4) is 0 Å². The van der Waals surface area contributed by atoms with Crippen LogP contribution in [-0.2, 0) is 0 Å². The van der Waals surface area contributed by atoms with E-state index in [4.69, 9.17) is 0 Å². The fourth-order valence-corrected chi connectivity index (χ4v) is 2.92. The third kappa shape index (κ3) is 3.07. The molecule has 2 rings (SSSR count). The van der Waals surface area contributed by atoms with Gasteiger partial charge in [-0.3, -0.25) is 9.69 Å². The molecular weight excluding hydrogens is 237 g/mol. The van der Waals surface area contributed by atoms with E-state index in [-0.39, 0.29) is 17.6 Å². The molecule has 1 heterocycles. The zero-order valence-electron chi connectivity index (χ0n) is 9.86. The van der Waals surface area contributed by atoms with Gasteiger partial charge in [0.2, 0.25) is 0 Å². The molecule has 0 aromatic heterocycles. The molecule has 0 saturated carbocycles. The minimum Gasteiger partial charge on any atom is -0.292 e. The third-order valence-corrected chi connectivity index (χ3v) is 4.04. The maximum Gasteiger partial charge on any atom is 0.179 e. The molecule has 1 aromatic carbocycles. The van der Waals surface area contributed by atoms with Crippen LogP contribution in [0.4, 0.5) is 4.39 Å². The van der Waals surface area contributed by atoms with Crippen LogP contribution in [0.2, 0.25) is 0 Å². The first-order valence-corrected chi connectivity index (χ1v) is 6.95. The number of carbonyl (C=O) groups excluding carboxylic acids is 1. The molecule has 1 fully saturated rings. The average molecular weight is 253 g/mol. The quantitative estimate of drug-likeness (QED) is 0.772. The topological polar surface area (TPSA) is 20.3 Å². The lowest BCUT2D eigenvalue weighted by Crippen LogP contribution is -2.43. The van der Waals surface area contributed by atoms with Crippen LogP contribution < -0.4 is 0 Å². The summed E-state index contributed by atoms with van der Waals surface area (Å²) in [7, 11) is 0. The molecule has 0 N–H and O–H groups in total. The summed E-state index contributed by atoms with van der Waals surface area (Å²) in [6, 6.07) is 5.69. The normalized spacial score (nSPS) is 18.9. The lowest BCUT2D eigenvalue weighted by Gasteiger charge is -2.31. The van der Waals surface area contributed by atoms with Gasteiger partial charge in [-0.05, 0) is 31.2 Å². The SMILES string of the molecule is CC(C(=O)c1ccc(F)cc1)N1CCSCC1. The van der Waals surface area contributed by atoms with Crippen LogP contribution in [-0.4, -0.2) is 41.3 Å². The Labute approximate surface area is 105 Å². The van der Waals surface area contributed by atoms with Crippen molar-refractivity contribution in [2.45, 2.75) is 13.0 Å². The maximum atomic E-state index is 12.8. The zero-order chi connectivity index (χ0) is 12.3. The fourth-order valence-electron chi connectivity index (χ4n) is 1.99. The van der Waals surface area contributed by atoms with E-state index in [1.54, 1.807) is 12.1 Å². The van der Waals surface area contributed by atoms with Crippen molar-refractivity contribution < 1.29 is 9.18 Å². The molecule has 17 heavy (non-hydrogen) atoms. The fraction of sp³-hybridized carbons (Fsp3) is 0.462. The van der Waals surface area contributed by atoms with E-state index in [0.29, 0.717) is 5.56 Å². The lowest BCUT2D eigenvalue weighted by atomic mass is 10.0. The lowest BCUT2D eigenvalue weighted by molar-refractivity contribution is 0.0851. The van der Waals surface area contributed by atoms with Crippen LogP contribution in [0.15, 0.2) is 24.3 Å². The highest BCUT2D eigenvalue weighted by Gasteiger charge is 2.23. The van der Waals surface area contributed by atoms with Crippen molar-refractivity contribution in [1.82, 2.24) is 4.90 Å².